The van der Waals surface area contributed by atoms with E-state index >= 15 is 0 Å². The van der Waals surface area contributed by atoms with Crippen LogP contribution in [0.4, 0.5) is 0 Å². The van der Waals surface area contributed by atoms with Gasteiger partial charge in [0.25, 0.3) is 0 Å². The van der Waals surface area contributed by atoms with E-state index in [-0.39, 0.29) is 37.5 Å². The number of ether oxygens (including phenoxy) is 3. The molecule has 0 aromatic carbocycles. The van der Waals surface area contributed by atoms with E-state index in [2.05, 4.69) is 118 Å². The van der Waals surface area contributed by atoms with Gasteiger partial charge in [0.2, 0.25) is 0 Å². The molecule has 67 heavy (non-hydrogen) atoms. The zero-order valence-corrected chi connectivity index (χ0v) is 43.6. The summed E-state index contributed by atoms with van der Waals surface area (Å²) in [5.74, 6) is -0.963. The molecule has 0 spiro atoms. The van der Waals surface area contributed by atoms with E-state index in [0.29, 0.717) is 12.8 Å². The van der Waals surface area contributed by atoms with Crippen molar-refractivity contribution >= 4 is 17.9 Å². The Kier molecular flexibility index (Phi) is 51.9. The maximum absolute atomic E-state index is 12.8. The molecule has 0 aliphatic rings. The zero-order chi connectivity index (χ0) is 48.6. The maximum Gasteiger partial charge on any atom is 0.306 e. The molecule has 0 bridgehead atoms. The lowest BCUT2D eigenvalue weighted by molar-refractivity contribution is -0.167. The van der Waals surface area contributed by atoms with Crippen LogP contribution in [-0.2, 0) is 28.6 Å². The van der Waals surface area contributed by atoms with E-state index in [1.54, 1.807) is 0 Å². The van der Waals surface area contributed by atoms with Crippen molar-refractivity contribution in [1.29, 1.82) is 0 Å². The molecule has 0 amide bonds. The average Bonchev–Trinajstić information content (AvgIpc) is 3.33. The molecule has 0 aromatic rings. The highest BCUT2D eigenvalue weighted by molar-refractivity contribution is 5.71. The average molecular weight is 931 g/mol. The molecule has 0 aliphatic heterocycles. The molecule has 6 nitrogen and oxygen atoms in total. The quantitative estimate of drug-likeness (QED) is 0.0262. The van der Waals surface area contributed by atoms with Crippen molar-refractivity contribution in [2.45, 2.75) is 258 Å². The van der Waals surface area contributed by atoms with E-state index < -0.39 is 6.10 Å². The van der Waals surface area contributed by atoms with Crippen molar-refractivity contribution in [2.75, 3.05) is 13.2 Å². The predicted molar refractivity (Wildman–Crippen MR) is 288 cm³/mol. The Labute approximate surface area is 413 Å². The number of hydrogen-bond acceptors (Lipinski definition) is 6. The molecule has 382 valence electrons. The topological polar surface area (TPSA) is 78.9 Å². The van der Waals surface area contributed by atoms with Crippen molar-refractivity contribution in [3.63, 3.8) is 0 Å². The van der Waals surface area contributed by atoms with Crippen LogP contribution in [0.3, 0.4) is 0 Å². The van der Waals surface area contributed by atoms with Gasteiger partial charge in [-0.1, -0.05) is 234 Å². The van der Waals surface area contributed by atoms with Gasteiger partial charge >= 0.3 is 17.9 Å². The van der Waals surface area contributed by atoms with Gasteiger partial charge < -0.3 is 14.2 Å². The second-order valence-corrected chi connectivity index (χ2v) is 18.3. The fraction of sp³-hybridized carbons (Fsp3) is 0.689. The van der Waals surface area contributed by atoms with Crippen LogP contribution in [0.25, 0.3) is 0 Å². The molecule has 6 heteroatoms. The summed E-state index contributed by atoms with van der Waals surface area (Å²) in [6.07, 6.45) is 72.4. The molecular weight excluding hydrogens is 829 g/mol. The van der Waals surface area contributed by atoms with Gasteiger partial charge in [-0.15, -0.1) is 0 Å². The molecule has 0 aromatic heterocycles. The van der Waals surface area contributed by atoms with E-state index in [4.69, 9.17) is 14.2 Å². The van der Waals surface area contributed by atoms with Crippen LogP contribution in [0.1, 0.15) is 252 Å². The first-order chi connectivity index (χ1) is 33.0. The lowest BCUT2D eigenvalue weighted by atomic mass is 10.1. The number of hydrogen-bond donors (Lipinski definition) is 0. The highest BCUT2D eigenvalue weighted by atomic mass is 16.6. The molecule has 0 aliphatic carbocycles. The Balaban J connectivity index is 4.51. The van der Waals surface area contributed by atoms with Crippen molar-refractivity contribution in [2.24, 2.45) is 0 Å². The van der Waals surface area contributed by atoms with Gasteiger partial charge in [-0.25, -0.2) is 0 Å². The normalized spacial score (nSPS) is 12.8. The summed E-state index contributed by atoms with van der Waals surface area (Å²) in [6.45, 7) is 6.51. The Hall–Kier alpha value is -3.67. The van der Waals surface area contributed by atoms with Gasteiger partial charge in [-0.3, -0.25) is 14.4 Å². The van der Waals surface area contributed by atoms with Crippen LogP contribution in [-0.4, -0.2) is 37.2 Å². The van der Waals surface area contributed by atoms with Crippen LogP contribution in [0, 0.1) is 0 Å². The summed E-state index contributed by atoms with van der Waals surface area (Å²) in [4.78, 5) is 38.1. The molecule has 1 unspecified atom stereocenters. The van der Waals surface area contributed by atoms with Crippen molar-refractivity contribution < 1.29 is 28.6 Å². The number of carbonyl (C=O) groups excluding carboxylic acids is 3. The Morgan fingerprint density at radius 3 is 0.896 bits per heavy atom. The van der Waals surface area contributed by atoms with E-state index in [9.17, 15) is 14.4 Å². The monoisotopic (exact) mass is 931 g/mol. The first-order valence-electron chi connectivity index (χ1n) is 27.8. The van der Waals surface area contributed by atoms with Crippen LogP contribution in [0.15, 0.2) is 97.2 Å². The molecule has 1 atom stereocenters. The van der Waals surface area contributed by atoms with E-state index in [1.165, 1.54) is 109 Å². The van der Waals surface area contributed by atoms with Crippen LogP contribution >= 0.6 is 0 Å². The number of unbranched alkanes of at least 4 members (excludes halogenated alkanes) is 27. The number of carbonyl (C=O) groups is 3. The summed E-state index contributed by atoms with van der Waals surface area (Å²) in [6, 6.07) is 0. The third-order valence-corrected chi connectivity index (χ3v) is 11.7. The van der Waals surface area contributed by atoms with Crippen molar-refractivity contribution in [1.82, 2.24) is 0 Å². The third kappa shape index (κ3) is 53.2. The Morgan fingerprint density at radius 2 is 0.537 bits per heavy atom. The minimum absolute atomic E-state index is 0.103. The van der Waals surface area contributed by atoms with Gasteiger partial charge in [0.15, 0.2) is 6.10 Å². The zero-order valence-electron chi connectivity index (χ0n) is 43.6. The van der Waals surface area contributed by atoms with Gasteiger partial charge in [-0.05, 0) is 96.3 Å². The number of esters is 3. The molecule has 0 rings (SSSR count). The third-order valence-electron chi connectivity index (χ3n) is 11.7. The molecule has 0 radical (unpaired) electrons. The van der Waals surface area contributed by atoms with E-state index in [1.807, 2.05) is 0 Å². The van der Waals surface area contributed by atoms with Crippen LogP contribution < -0.4 is 0 Å². The van der Waals surface area contributed by atoms with Crippen molar-refractivity contribution in [3.05, 3.63) is 97.2 Å². The summed E-state index contributed by atoms with van der Waals surface area (Å²) in [5, 5.41) is 0. The molecule has 0 N–H and O–H groups in total. The highest BCUT2D eigenvalue weighted by Gasteiger charge is 2.19. The predicted octanol–water partition coefficient (Wildman–Crippen LogP) is 18.5. The Morgan fingerprint density at radius 1 is 0.299 bits per heavy atom. The van der Waals surface area contributed by atoms with Crippen LogP contribution in [0.5, 0.6) is 0 Å². The van der Waals surface area contributed by atoms with Crippen molar-refractivity contribution in [3.8, 4) is 0 Å². The summed E-state index contributed by atoms with van der Waals surface area (Å²) < 4.78 is 16.8. The second kappa shape index (κ2) is 54.9. The largest absolute Gasteiger partial charge is 0.462 e. The summed E-state index contributed by atoms with van der Waals surface area (Å²) in [7, 11) is 0. The lowest BCUT2D eigenvalue weighted by Gasteiger charge is -2.18. The molecule has 0 heterocycles. The summed E-state index contributed by atoms with van der Waals surface area (Å²) in [5.41, 5.74) is 0. The second-order valence-electron chi connectivity index (χ2n) is 18.3. The number of rotatable bonds is 49. The lowest BCUT2D eigenvalue weighted by Crippen LogP contribution is -2.30. The van der Waals surface area contributed by atoms with Gasteiger partial charge in [-0.2, -0.15) is 0 Å². The first kappa shape index (κ1) is 63.3. The molecule has 0 saturated carbocycles. The van der Waals surface area contributed by atoms with Crippen LogP contribution in [0.2, 0.25) is 0 Å². The first-order valence-corrected chi connectivity index (χ1v) is 27.8. The minimum Gasteiger partial charge on any atom is -0.462 e. The Bertz CT molecular complexity index is 1350. The van der Waals surface area contributed by atoms with Gasteiger partial charge in [0.1, 0.15) is 13.2 Å². The fourth-order valence-electron chi connectivity index (χ4n) is 7.43. The summed E-state index contributed by atoms with van der Waals surface area (Å²) >= 11 is 0. The fourth-order valence-corrected chi connectivity index (χ4v) is 7.43. The maximum atomic E-state index is 12.8. The number of allylic oxidation sites excluding steroid dienone is 16. The smallest absolute Gasteiger partial charge is 0.306 e. The highest BCUT2D eigenvalue weighted by Crippen LogP contribution is 2.13. The molecular formula is C61H102O6. The SMILES string of the molecule is CCCCC\C=C/C=C\C=C/C=C\CCCCCCCC(=O)OCC(COC(=O)CCCCCCCC/C=C\C=C/CCCCC)OC(=O)CCCCC/C=C\C=C/CCCCCCCCC. The van der Waals surface area contributed by atoms with Gasteiger partial charge in [0, 0.05) is 19.3 Å². The molecule has 0 saturated heterocycles. The van der Waals surface area contributed by atoms with E-state index in [0.717, 1.165) is 103 Å². The standard InChI is InChI=1S/C61H102O6/c1-4-7-10-13-16-19-22-25-28-30-31-34-36-39-42-45-48-51-54-60(63)66-57-58(56-65-59(62)53-50-47-44-41-38-35-32-27-24-21-18-15-12-9-6-3)67-61(64)55-52-49-46-43-40-37-33-29-26-23-20-17-14-11-8-5-2/h16,18-19,21-22,24-25,27-31,33-34,37,40,58H,4-15,17,20,23,26,32,35-36,38-39,41-57H2,1-3H3/b19-16-,21-18-,25-22-,27-24-,30-28-,33-29-,34-31-,40-37-. The minimum atomic E-state index is -0.808. The molecule has 0 fully saturated rings. The van der Waals surface area contributed by atoms with Gasteiger partial charge in [0.05, 0.1) is 0 Å².